The largest absolute Gasteiger partial charge is 0.270 e. The summed E-state index contributed by atoms with van der Waals surface area (Å²) in [5.41, 5.74) is 3.53. The van der Waals surface area contributed by atoms with E-state index in [1.54, 1.807) is 36.4 Å². The molecule has 0 saturated heterocycles. The van der Waals surface area contributed by atoms with Crippen LogP contribution >= 0.6 is 11.6 Å². The Kier molecular flexibility index (Phi) is 3.93. The highest BCUT2D eigenvalue weighted by molar-refractivity contribution is 6.30. The molecule has 0 N–H and O–H groups in total. The molecular weight excluding hydrogens is 370 g/mol. The van der Waals surface area contributed by atoms with Crippen molar-refractivity contribution in [1.29, 1.82) is 0 Å². The van der Waals surface area contributed by atoms with Crippen LogP contribution in [0.5, 0.6) is 0 Å². The maximum atomic E-state index is 11.2. The molecular formula is C19H10ClN3O4. The van der Waals surface area contributed by atoms with Crippen LogP contribution in [0.1, 0.15) is 11.1 Å². The fourth-order valence-corrected chi connectivity index (χ4v) is 3.19. The number of non-ortho nitro benzene ring substituents is 2. The number of benzene rings is 3. The molecule has 27 heavy (non-hydrogen) atoms. The van der Waals surface area contributed by atoms with Crippen LogP contribution in [0.4, 0.5) is 17.1 Å². The lowest BCUT2D eigenvalue weighted by Gasteiger charge is -2.03. The lowest BCUT2D eigenvalue weighted by molar-refractivity contribution is -0.385. The third-order valence-electron chi connectivity index (χ3n) is 4.30. The normalized spacial score (nSPS) is 11.7. The maximum Gasteiger partial charge on any atom is 0.270 e. The first kappa shape index (κ1) is 16.9. The number of nitro groups is 2. The zero-order chi connectivity index (χ0) is 19.1. The van der Waals surface area contributed by atoms with Crippen molar-refractivity contribution in [2.24, 2.45) is 4.99 Å². The summed E-state index contributed by atoms with van der Waals surface area (Å²) in [6.07, 6.45) is 0. The van der Waals surface area contributed by atoms with E-state index < -0.39 is 9.85 Å². The minimum absolute atomic E-state index is 0.0696. The lowest BCUT2D eigenvalue weighted by Crippen LogP contribution is -2.00. The van der Waals surface area contributed by atoms with Crippen LogP contribution in [0.25, 0.3) is 11.1 Å². The predicted molar refractivity (Wildman–Crippen MR) is 102 cm³/mol. The molecule has 0 fully saturated rings. The molecule has 3 aromatic rings. The van der Waals surface area contributed by atoms with Gasteiger partial charge in [0.15, 0.2) is 0 Å². The Labute approximate surface area is 157 Å². The molecule has 0 unspecified atom stereocenters. The van der Waals surface area contributed by atoms with Crippen molar-refractivity contribution in [3.63, 3.8) is 0 Å². The van der Waals surface area contributed by atoms with E-state index in [9.17, 15) is 20.2 Å². The van der Waals surface area contributed by atoms with E-state index in [0.29, 0.717) is 27.5 Å². The van der Waals surface area contributed by atoms with Gasteiger partial charge < -0.3 is 0 Å². The molecule has 1 aliphatic rings. The Morgan fingerprint density at radius 2 is 1.19 bits per heavy atom. The van der Waals surface area contributed by atoms with Crippen LogP contribution in [0.15, 0.2) is 65.7 Å². The Bertz CT molecular complexity index is 1070. The Morgan fingerprint density at radius 3 is 1.63 bits per heavy atom. The van der Waals surface area contributed by atoms with Crippen LogP contribution in [-0.2, 0) is 0 Å². The highest BCUT2D eigenvalue weighted by Gasteiger charge is 2.29. The monoisotopic (exact) mass is 379 g/mol. The summed E-state index contributed by atoms with van der Waals surface area (Å²) in [7, 11) is 0. The summed E-state index contributed by atoms with van der Waals surface area (Å²) >= 11 is 5.90. The summed E-state index contributed by atoms with van der Waals surface area (Å²) in [5, 5.41) is 22.9. The molecule has 3 aromatic carbocycles. The average Bonchev–Trinajstić information content (AvgIpc) is 2.96. The molecule has 1 aliphatic carbocycles. The van der Waals surface area contributed by atoms with Gasteiger partial charge in [0.1, 0.15) is 0 Å². The molecule has 0 aromatic heterocycles. The zero-order valence-electron chi connectivity index (χ0n) is 13.6. The van der Waals surface area contributed by atoms with Crippen molar-refractivity contribution in [2.75, 3.05) is 0 Å². The SMILES string of the molecule is O=[N+]([O-])c1ccc2c(c1)C(=Nc1ccc(Cl)cc1)c1cc([N+](=O)[O-])ccc1-2. The highest BCUT2D eigenvalue weighted by Crippen LogP contribution is 2.41. The van der Waals surface area contributed by atoms with Gasteiger partial charge in [0.2, 0.25) is 0 Å². The first-order valence-corrected chi connectivity index (χ1v) is 8.24. The Hall–Kier alpha value is -3.58. The molecule has 8 heteroatoms. The average molecular weight is 380 g/mol. The topological polar surface area (TPSA) is 98.6 Å². The maximum absolute atomic E-state index is 11.2. The van der Waals surface area contributed by atoms with E-state index in [1.807, 2.05) is 0 Å². The molecule has 0 spiro atoms. The minimum Gasteiger partial charge on any atom is -0.258 e. The van der Waals surface area contributed by atoms with Crippen LogP contribution < -0.4 is 0 Å². The number of nitro benzene ring substituents is 2. The number of hydrogen-bond donors (Lipinski definition) is 0. The van der Waals surface area contributed by atoms with Gasteiger partial charge in [0.05, 0.1) is 21.2 Å². The molecule has 132 valence electrons. The molecule has 0 amide bonds. The minimum atomic E-state index is -0.481. The summed E-state index contributed by atoms with van der Waals surface area (Å²) in [4.78, 5) is 26.0. The van der Waals surface area contributed by atoms with Gasteiger partial charge >= 0.3 is 0 Å². The van der Waals surface area contributed by atoms with Crippen molar-refractivity contribution < 1.29 is 9.85 Å². The Balaban J connectivity index is 1.97. The number of aliphatic imine (C=N–C) groups is 1. The second-order valence-electron chi connectivity index (χ2n) is 5.91. The van der Waals surface area contributed by atoms with Crippen LogP contribution in [-0.4, -0.2) is 15.6 Å². The van der Waals surface area contributed by atoms with E-state index >= 15 is 0 Å². The van der Waals surface area contributed by atoms with Gasteiger partial charge in [-0.2, -0.15) is 0 Å². The summed E-state index contributed by atoms with van der Waals surface area (Å²) < 4.78 is 0. The number of halogens is 1. The quantitative estimate of drug-likeness (QED) is 0.356. The van der Waals surface area contributed by atoms with Crippen molar-refractivity contribution in [1.82, 2.24) is 0 Å². The standard InChI is InChI=1S/C19H10ClN3O4/c20-11-1-3-12(4-2-11)21-19-17-9-13(22(24)25)5-7-15(17)16-8-6-14(23(26)27)10-18(16)19/h1-10H. The van der Waals surface area contributed by atoms with E-state index in [1.165, 1.54) is 24.3 Å². The number of nitrogens with zero attached hydrogens (tertiary/aromatic N) is 3. The first-order chi connectivity index (χ1) is 12.9. The van der Waals surface area contributed by atoms with E-state index in [0.717, 1.165) is 11.1 Å². The number of hydrogen-bond acceptors (Lipinski definition) is 5. The van der Waals surface area contributed by atoms with Gasteiger partial charge in [-0.15, -0.1) is 0 Å². The fraction of sp³-hybridized carbons (Fsp3) is 0. The molecule has 0 atom stereocenters. The lowest BCUT2D eigenvalue weighted by atomic mass is 10.1. The zero-order valence-corrected chi connectivity index (χ0v) is 14.4. The van der Waals surface area contributed by atoms with Gasteiger partial charge in [-0.3, -0.25) is 20.2 Å². The molecule has 0 aliphatic heterocycles. The summed E-state index contributed by atoms with van der Waals surface area (Å²) in [6, 6.07) is 15.8. The van der Waals surface area contributed by atoms with Gasteiger partial charge in [-0.1, -0.05) is 11.6 Å². The molecule has 0 heterocycles. The van der Waals surface area contributed by atoms with Crippen molar-refractivity contribution in [2.45, 2.75) is 0 Å². The third kappa shape index (κ3) is 2.94. The van der Waals surface area contributed by atoms with E-state index in [2.05, 4.69) is 4.99 Å². The highest BCUT2D eigenvalue weighted by atomic mass is 35.5. The molecule has 0 saturated carbocycles. The smallest absolute Gasteiger partial charge is 0.258 e. The number of fused-ring (bicyclic) bond motifs is 3. The van der Waals surface area contributed by atoms with Gasteiger partial charge in [-0.05, 0) is 47.5 Å². The summed E-state index contributed by atoms with van der Waals surface area (Å²) in [5.74, 6) is 0. The van der Waals surface area contributed by atoms with Crippen molar-refractivity contribution in [3.05, 3.63) is 97.0 Å². The second-order valence-corrected chi connectivity index (χ2v) is 6.35. The molecule has 0 radical (unpaired) electrons. The van der Waals surface area contributed by atoms with E-state index in [-0.39, 0.29) is 11.4 Å². The number of rotatable bonds is 3. The summed E-state index contributed by atoms with van der Waals surface area (Å²) in [6.45, 7) is 0. The Morgan fingerprint density at radius 1 is 0.704 bits per heavy atom. The van der Waals surface area contributed by atoms with Gasteiger partial charge in [-0.25, -0.2) is 4.99 Å². The molecule has 4 rings (SSSR count). The fourth-order valence-electron chi connectivity index (χ4n) is 3.06. The van der Waals surface area contributed by atoms with Gasteiger partial charge in [0.25, 0.3) is 11.4 Å². The first-order valence-electron chi connectivity index (χ1n) is 7.86. The van der Waals surface area contributed by atoms with Crippen LogP contribution in [0.3, 0.4) is 0 Å². The molecule has 0 bridgehead atoms. The van der Waals surface area contributed by atoms with Crippen molar-refractivity contribution >= 4 is 34.4 Å². The third-order valence-corrected chi connectivity index (χ3v) is 4.55. The van der Waals surface area contributed by atoms with Crippen LogP contribution in [0.2, 0.25) is 5.02 Å². The van der Waals surface area contributed by atoms with Gasteiger partial charge in [0, 0.05) is 40.4 Å². The van der Waals surface area contributed by atoms with E-state index in [4.69, 9.17) is 11.6 Å². The predicted octanol–water partition coefficient (Wildman–Crippen LogP) is 5.31. The molecule has 7 nitrogen and oxygen atoms in total. The van der Waals surface area contributed by atoms with Crippen LogP contribution in [0, 0.1) is 20.2 Å². The van der Waals surface area contributed by atoms with Crippen molar-refractivity contribution in [3.8, 4) is 11.1 Å². The second kappa shape index (κ2) is 6.30.